The van der Waals surface area contributed by atoms with E-state index < -0.39 is 0 Å². The van der Waals surface area contributed by atoms with Gasteiger partial charge in [0.05, 0.1) is 6.61 Å². The first-order valence-electron chi connectivity index (χ1n) is 6.29. The van der Waals surface area contributed by atoms with Crippen molar-refractivity contribution in [2.45, 2.75) is 39.2 Å². The first-order chi connectivity index (χ1) is 7.24. The molecule has 2 atom stereocenters. The smallest absolute Gasteiger partial charge is 0.0593 e. The van der Waals surface area contributed by atoms with Crippen LogP contribution in [-0.4, -0.2) is 43.8 Å². The van der Waals surface area contributed by atoms with E-state index >= 15 is 0 Å². The quantitative estimate of drug-likeness (QED) is 0.681. The van der Waals surface area contributed by atoms with Crippen molar-refractivity contribution in [1.29, 1.82) is 0 Å². The summed E-state index contributed by atoms with van der Waals surface area (Å²) < 4.78 is 5.57. The van der Waals surface area contributed by atoms with Crippen molar-refractivity contribution in [2.75, 3.05) is 32.8 Å². The lowest BCUT2D eigenvalue weighted by Crippen LogP contribution is -2.46. The first kappa shape index (κ1) is 12.9. The topological polar surface area (TPSA) is 38.5 Å². The predicted octanol–water partition coefficient (Wildman–Crippen LogP) is 1.47. The zero-order valence-corrected chi connectivity index (χ0v) is 10.2. The van der Waals surface area contributed by atoms with Crippen LogP contribution in [0.1, 0.15) is 33.1 Å². The maximum Gasteiger partial charge on any atom is 0.0593 e. The Bertz CT molecular complexity index is 164. The zero-order chi connectivity index (χ0) is 11.1. The van der Waals surface area contributed by atoms with Crippen LogP contribution in [0.25, 0.3) is 0 Å². The predicted molar refractivity (Wildman–Crippen MR) is 63.9 cm³/mol. The highest BCUT2D eigenvalue weighted by Gasteiger charge is 2.22. The lowest BCUT2D eigenvalue weighted by molar-refractivity contribution is 0.0811. The fourth-order valence-electron chi connectivity index (χ4n) is 2.00. The molecule has 1 aliphatic heterocycles. The molecule has 0 radical (unpaired) electrons. The molecule has 0 bridgehead atoms. The van der Waals surface area contributed by atoms with Gasteiger partial charge in [-0.1, -0.05) is 20.3 Å². The van der Waals surface area contributed by atoms with Gasteiger partial charge in [0.25, 0.3) is 0 Å². The van der Waals surface area contributed by atoms with E-state index in [-0.39, 0.29) is 0 Å². The Labute approximate surface area is 94.0 Å². The molecule has 2 N–H and O–H groups in total. The highest BCUT2D eigenvalue weighted by molar-refractivity contribution is 4.79. The van der Waals surface area contributed by atoms with Crippen LogP contribution in [0.2, 0.25) is 0 Å². The average molecular weight is 214 g/mol. The molecular weight excluding hydrogens is 188 g/mol. The van der Waals surface area contributed by atoms with Crippen LogP contribution < -0.4 is 5.73 Å². The second-order valence-corrected chi connectivity index (χ2v) is 4.70. The molecule has 0 spiro atoms. The number of nitrogens with two attached hydrogens (primary N) is 1. The minimum atomic E-state index is 0.405. The van der Waals surface area contributed by atoms with Gasteiger partial charge in [0, 0.05) is 25.7 Å². The Balaban J connectivity index is 2.02. The SMILES string of the molecule is CCCCOCCN1CCC(N)C(C)C1. The molecule has 3 heteroatoms. The number of ether oxygens (including phenoxy) is 1. The van der Waals surface area contributed by atoms with E-state index in [1.165, 1.54) is 12.8 Å². The number of piperidine rings is 1. The van der Waals surface area contributed by atoms with E-state index in [0.29, 0.717) is 12.0 Å². The standard InChI is InChI=1S/C12H26N2O/c1-3-4-8-15-9-7-14-6-5-12(13)11(2)10-14/h11-12H,3-10,13H2,1-2H3. The van der Waals surface area contributed by atoms with Crippen molar-refractivity contribution in [1.82, 2.24) is 4.90 Å². The van der Waals surface area contributed by atoms with Gasteiger partial charge >= 0.3 is 0 Å². The van der Waals surface area contributed by atoms with E-state index in [0.717, 1.165) is 39.3 Å². The average Bonchev–Trinajstić information content (AvgIpc) is 2.23. The molecule has 2 unspecified atom stereocenters. The maximum atomic E-state index is 5.98. The van der Waals surface area contributed by atoms with E-state index in [1.54, 1.807) is 0 Å². The molecule has 0 aromatic rings. The molecule has 0 aromatic heterocycles. The Morgan fingerprint density at radius 3 is 2.87 bits per heavy atom. The van der Waals surface area contributed by atoms with Gasteiger partial charge in [0.2, 0.25) is 0 Å². The van der Waals surface area contributed by atoms with Crippen molar-refractivity contribution in [3.05, 3.63) is 0 Å². The molecule has 0 aliphatic carbocycles. The second kappa shape index (κ2) is 7.20. The Hall–Kier alpha value is -0.120. The molecule has 1 saturated heterocycles. The third-order valence-electron chi connectivity index (χ3n) is 3.25. The van der Waals surface area contributed by atoms with Crippen LogP contribution in [0.3, 0.4) is 0 Å². The number of unbranched alkanes of at least 4 members (excludes halogenated alkanes) is 1. The molecule has 0 amide bonds. The van der Waals surface area contributed by atoms with Gasteiger partial charge in [0.1, 0.15) is 0 Å². The van der Waals surface area contributed by atoms with Gasteiger partial charge in [0.15, 0.2) is 0 Å². The summed E-state index contributed by atoms with van der Waals surface area (Å²) in [6.07, 6.45) is 3.53. The molecule has 1 fully saturated rings. The number of hydrogen-bond donors (Lipinski definition) is 1. The highest BCUT2D eigenvalue weighted by atomic mass is 16.5. The lowest BCUT2D eigenvalue weighted by atomic mass is 9.95. The van der Waals surface area contributed by atoms with E-state index in [9.17, 15) is 0 Å². The summed E-state index contributed by atoms with van der Waals surface area (Å²) in [6.45, 7) is 9.58. The van der Waals surface area contributed by atoms with Gasteiger partial charge in [-0.2, -0.15) is 0 Å². The first-order valence-corrected chi connectivity index (χ1v) is 6.29. The summed E-state index contributed by atoms with van der Waals surface area (Å²) in [5, 5.41) is 0. The molecule has 90 valence electrons. The molecule has 3 nitrogen and oxygen atoms in total. The van der Waals surface area contributed by atoms with Crippen molar-refractivity contribution >= 4 is 0 Å². The van der Waals surface area contributed by atoms with E-state index in [1.807, 2.05) is 0 Å². The van der Waals surface area contributed by atoms with Crippen LogP contribution in [0.5, 0.6) is 0 Å². The molecule has 15 heavy (non-hydrogen) atoms. The highest BCUT2D eigenvalue weighted by Crippen LogP contribution is 2.14. The van der Waals surface area contributed by atoms with Crippen LogP contribution in [0.15, 0.2) is 0 Å². The molecule has 1 rings (SSSR count). The lowest BCUT2D eigenvalue weighted by Gasteiger charge is -2.34. The monoisotopic (exact) mass is 214 g/mol. The Kier molecular flexibility index (Phi) is 6.22. The molecular formula is C12H26N2O. The van der Waals surface area contributed by atoms with Gasteiger partial charge in [-0.05, 0) is 25.3 Å². The Morgan fingerprint density at radius 1 is 1.40 bits per heavy atom. The van der Waals surface area contributed by atoms with Crippen LogP contribution in [0.4, 0.5) is 0 Å². The van der Waals surface area contributed by atoms with Gasteiger partial charge in [-0.25, -0.2) is 0 Å². The van der Waals surface area contributed by atoms with Crippen molar-refractivity contribution in [3.8, 4) is 0 Å². The number of nitrogens with zero attached hydrogens (tertiary/aromatic N) is 1. The number of rotatable bonds is 6. The molecule has 0 saturated carbocycles. The van der Waals surface area contributed by atoms with E-state index in [2.05, 4.69) is 18.7 Å². The largest absolute Gasteiger partial charge is 0.380 e. The fraction of sp³-hybridized carbons (Fsp3) is 1.00. The third-order valence-corrected chi connectivity index (χ3v) is 3.25. The van der Waals surface area contributed by atoms with Crippen molar-refractivity contribution in [3.63, 3.8) is 0 Å². The second-order valence-electron chi connectivity index (χ2n) is 4.70. The minimum absolute atomic E-state index is 0.405. The summed E-state index contributed by atoms with van der Waals surface area (Å²) in [5.74, 6) is 0.634. The zero-order valence-electron chi connectivity index (χ0n) is 10.2. The van der Waals surface area contributed by atoms with Crippen LogP contribution in [0, 0.1) is 5.92 Å². The fourth-order valence-corrected chi connectivity index (χ4v) is 2.00. The summed E-state index contributed by atoms with van der Waals surface area (Å²) >= 11 is 0. The third kappa shape index (κ3) is 4.96. The summed E-state index contributed by atoms with van der Waals surface area (Å²) in [4.78, 5) is 2.47. The summed E-state index contributed by atoms with van der Waals surface area (Å²) in [5.41, 5.74) is 5.98. The normalized spacial score (nSPS) is 28.2. The van der Waals surface area contributed by atoms with Crippen LogP contribution >= 0.6 is 0 Å². The van der Waals surface area contributed by atoms with Crippen LogP contribution in [-0.2, 0) is 4.74 Å². The van der Waals surface area contributed by atoms with Gasteiger partial charge in [-0.15, -0.1) is 0 Å². The Morgan fingerprint density at radius 2 is 2.20 bits per heavy atom. The van der Waals surface area contributed by atoms with Crippen molar-refractivity contribution in [2.24, 2.45) is 11.7 Å². The molecule has 0 aromatic carbocycles. The summed E-state index contributed by atoms with van der Waals surface area (Å²) in [7, 11) is 0. The van der Waals surface area contributed by atoms with Gasteiger partial charge < -0.3 is 15.4 Å². The molecule has 1 aliphatic rings. The number of likely N-dealkylation sites (tertiary alicyclic amines) is 1. The number of hydrogen-bond acceptors (Lipinski definition) is 3. The van der Waals surface area contributed by atoms with E-state index in [4.69, 9.17) is 10.5 Å². The van der Waals surface area contributed by atoms with Gasteiger partial charge in [-0.3, -0.25) is 0 Å². The summed E-state index contributed by atoms with van der Waals surface area (Å²) in [6, 6.07) is 0.405. The maximum absolute atomic E-state index is 5.98. The van der Waals surface area contributed by atoms with Crippen molar-refractivity contribution < 1.29 is 4.74 Å². The minimum Gasteiger partial charge on any atom is -0.380 e. The molecule has 1 heterocycles.